The van der Waals surface area contributed by atoms with E-state index in [4.69, 9.17) is 14.2 Å². The van der Waals surface area contributed by atoms with Gasteiger partial charge in [-0.05, 0) is 51.3 Å². The van der Waals surface area contributed by atoms with Crippen molar-refractivity contribution < 1.29 is 19.0 Å². The smallest absolute Gasteiger partial charge is 0.409 e. The van der Waals surface area contributed by atoms with E-state index < -0.39 is 0 Å². The summed E-state index contributed by atoms with van der Waals surface area (Å²) in [6.07, 6.45) is 4.20. The van der Waals surface area contributed by atoms with Crippen LogP contribution in [0.2, 0.25) is 0 Å². The molecule has 0 aromatic heterocycles. The van der Waals surface area contributed by atoms with Gasteiger partial charge in [0.1, 0.15) is 0 Å². The molecule has 2 saturated heterocycles. The molecule has 2 fully saturated rings. The van der Waals surface area contributed by atoms with Crippen LogP contribution < -0.4 is 14.8 Å². The van der Waals surface area contributed by atoms with Gasteiger partial charge in [0.25, 0.3) is 0 Å². The number of rotatable bonds is 6. The minimum Gasteiger partial charge on any atom is -0.493 e. The summed E-state index contributed by atoms with van der Waals surface area (Å²) in [5, 5.41) is 3.66. The van der Waals surface area contributed by atoms with Gasteiger partial charge in [-0.25, -0.2) is 4.79 Å². The van der Waals surface area contributed by atoms with Gasteiger partial charge in [-0.3, -0.25) is 4.90 Å². The minimum absolute atomic E-state index is 0.174. The van der Waals surface area contributed by atoms with Gasteiger partial charge >= 0.3 is 6.09 Å². The summed E-state index contributed by atoms with van der Waals surface area (Å²) >= 11 is 0. The molecule has 7 nitrogen and oxygen atoms in total. The van der Waals surface area contributed by atoms with Gasteiger partial charge in [-0.1, -0.05) is 0 Å². The molecular weight excluding hydrogens is 358 g/mol. The van der Waals surface area contributed by atoms with Crippen LogP contribution in [-0.2, 0) is 4.74 Å². The van der Waals surface area contributed by atoms with E-state index in [0.717, 1.165) is 62.6 Å². The number of ether oxygens (including phenoxy) is 3. The van der Waals surface area contributed by atoms with Gasteiger partial charge in [-0.15, -0.1) is 0 Å². The highest BCUT2D eigenvalue weighted by molar-refractivity contribution is 5.67. The summed E-state index contributed by atoms with van der Waals surface area (Å²) in [6, 6.07) is 6.93. The standard InChI is InChI=1S/C21H33N3O4/c1-4-28-21(25)23-12-9-18(10-13-23)24-11-5-6-17(15-24)22-16-7-8-19(26-2)20(14-16)27-3/h7-8,14,17-18,22H,4-6,9-13,15H2,1-3H3/t17-/m1/s1. The second-order valence-corrected chi connectivity index (χ2v) is 7.47. The molecule has 3 rings (SSSR count). The summed E-state index contributed by atoms with van der Waals surface area (Å²) in [4.78, 5) is 16.3. The number of methoxy groups -OCH3 is 2. The van der Waals surface area contributed by atoms with Crippen molar-refractivity contribution in [2.75, 3.05) is 52.3 Å². The highest BCUT2D eigenvalue weighted by Gasteiger charge is 2.30. The number of carbonyl (C=O) groups excluding carboxylic acids is 1. The molecule has 2 aliphatic rings. The van der Waals surface area contributed by atoms with E-state index in [1.54, 1.807) is 14.2 Å². The average molecular weight is 392 g/mol. The normalized spacial score (nSPS) is 21.2. The Labute approximate surface area is 167 Å². The van der Waals surface area contributed by atoms with Crippen LogP contribution in [0.15, 0.2) is 18.2 Å². The summed E-state index contributed by atoms with van der Waals surface area (Å²) in [6.45, 7) is 6.02. The minimum atomic E-state index is -0.174. The third-order valence-electron chi connectivity index (χ3n) is 5.71. The lowest BCUT2D eigenvalue weighted by molar-refractivity contribution is 0.0667. The molecule has 0 radical (unpaired) electrons. The molecule has 0 spiro atoms. The van der Waals surface area contributed by atoms with Crippen LogP contribution in [0.25, 0.3) is 0 Å². The van der Waals surface area contributed by atoms with Crippen molar-refractivity contribution >= 4 is 11.8 Å². The molecule has 0 bridgehead atoms. The summed E-state index contributed by atoms with van der Waals surface area (Å²) in [5.41, 5.74) is 1.06. The molecule has 0 saturated carbocycles. The monoisotopic (exact) mass is 391 g/mol. The molecular formula is C21H33N3O4. The lowest BCUT2D eigenvalue weighted by Gasteiger charge is -2.42. The van der Waals surface area contributed by atoms with Crippen LogP contribution in [0, 0.1) is 0 Å². The lowest BCUT2D eigenvalue weighted by atomic mass is 9.98. The number of benzene rings is 1. The number of anilines is 1. The van der Waals surface area contributed by atoms with Crippen LogP contribution in [0.1, 0.15) is 32.6 Å². The number of hydrogen-bond donors (Lipinski definition) is 1. The third kappa shape index (κ3) is 5.01. The van der Waals surface area contributed by atoms with Crippen LogP contribution in [-0.4, -0.2) is 75.0 Å². The van der Waals surface area contributed by atoms with Crippen LogP contribution in [0.5, 0.6) is 11.5 Å². The number of piperidine rings is 2. The first-order valence-corrected chi connectivity index (χ1v) is 10.3. The number of amides is 1. The van der Waals surface area contributed by atoms with Crippen molar-refractivity contribution in [2.24, 2.45) is 0 Å². The fourth-order valence-electron chi connectivity index (χ4n) is 4.25. The van der Waals surface area contributed by atoms with Gasteiger partial charge < -0.3 is 24.4 Å². The fraction of sp³-hybridized carbons (Fsp3) is 0.667. The molecule has 1 aromatic carbocycles. The highest BCUT2D eigenvalue weighted by atomic mass is 16.6. The molecule has 2 aliphatic heterocycles. The SMILES string of the molecule is CCOC(=O)N1CCC(N2CCC[C@@H](Nc3ccc(OC)c(OC)c3)C2)CC1. The summed E-state index contributed by atoms with van der Waals surface area (Å²) < 4.78 is 15.9. The van der Waals surface area contributed by atoms with Crippen molar-refractivity contribution in [3.63, 3.8) is 0 Å². The van der Waals surface area contributed by atoms with E-state index in [9.17, 15) is 4.79 Å². The maximum atomic E-state index is 11.9. The first-order valence-electron chi connectivity index (χ1n) is 10.3. The van der Waals surface area contributed by atoms with Crippen LogP contribution in [0.4, 0.5) is 10.5 Å². The Bertz CT molecular complexity index is 647. The van der Waals surface area contributed by atoms with Gasteiger partial charge in [0.05, 0.1) is 20.8 Å². The van der Waals surface area contributed by atoms with Gasteiger partial charge in [0.15, 0.2) is 11.5 Å². The lowest BCUT2D eigenvalue weighted by Crippen LogP contribution is -2.51. The predicted octanol–water partition coefficient (Wildman–Crippen LogP) is 3.20. The largest absolute Gasteiger partial charge is 0.493 e. The molecule has 28 heavy (non-hydrogen) atoms. The Morgan fingerprint density at radius 2 is 1.86 bits per heavy atom. The number of nitrogens with one attached hydrogen (secondary N) is 1. The Morgan fingerprint density at radius 3 is 2.54 bits per heavy atom. The maximum absolute atomic E-state index is 11.9. The first-order chi connectivity index (χ1) is 13.6. The summed E-state index contributed by atoms with van der Waals surface area (Å²) in [7, 11) is 3.31. The number of carbonyl (C=O) groups is 1. The van der Waals surface area contributed by atoms with Crippen molar-refractivity contribution in [2.45, 2.75) is 44.7 Å². The van der Waals surface area contributed by atoms with Crippen LogP contribution >= 0.6 is 0 Å². The van der Waals surface area contributed by atoms with Crippen molar-refractivity contribution in [3.8, 4) is 11.5 Å². The average Bonchev–Trinajstić information content (AvgIpc) is 2.74. The first kappa shape index (κ1) is 20.6. The van der Waals surface area contributed by atoms with E-state index in [1.165, 1.54) is 6.42 Å². The Balaban J connectivity index is 1.53. The van der Waals surface area contributed by atoms with Crippen molar-refractivity contribution in [1.29, 1.82) is 0 Å². The number of hydrogen-bond acceptors (Lipinski definition) is 6. The van der Waals surface area contributed by atoms with E-state index in [0.29, 0.717) is 18.7 Å². The molecule has 1 amide bonds. The zero-order chi connectivity index (χ0) is 19.9. The molecule has 156 valence electrons. The van der Waals surface area contributed by atoms with E-state index in [2.05, 4.69) is 10.2 Å². The molecule has 2 heterocycles. The highest BCUT2D eigenvalue weighted by Crippen LogP contribution is 2.31. The topological polar surface area (TPSA) is 63.3 Å². The van der Waals surface area contributed by atoms with E-state index in [1.807, 2.05) is 30.0 Å². The molecule has 1 N–H and O–H groups in total. The Kier molecular flexibility index (Phi) is 7.25. The van der Waals surface area contributed by atoms with E-state index >= 15 is 0 Å². The third-order valence-corrected chi connectivity index (χ3v) is 5.71. The van der Waals surface area contributed by atoms with Crippen molar-refractivity contribution in [3.05, 3.63) is 18.2 Å². The van der Waals surface area contributed by atoms with Gasteiger partial charge in [0.2, 0.25) is 0 Å². The van der Waals surface area contributed by atoms with Crippen LogP contribution in [0.3, 0.4) is 0 Å². The Hall–Kier alpha value is -2.15. The zero-order valence-corrected chi connectivity index (χ0v) is 17.3. The maximum Gasteiger partial charge on any atom is 0.409 e. The predicted molar refractivity (Wildman–Crippen MR) is 109 cm³/mol. The van der Waals surface area contributed by atoms with E-state index in [-0.39, 0.29) is 6.09 Å². The molecule has 1 aromatic rings. The zero-order valence-electron chi connectivity index (χ0n) is 17.3. The summed E-state index contributed by atoms with van der Waals surface area (Å²) in [5.74, 6) is 1.48. The van der Waals surface area contributed by atoms with Gasteiger partial charge in [0, 0.05) is 43.5 Å². The second-order valence-electron chi connectivity index (χ2n) is 7.47. The molecule has 0 unspecified atom stereocenters. The molecule has 1 atom stereocenters. The number of nitrogens with zero attached hydrogens (tertiary/aromatic N) is 2. The quantitative estimate of drug-likeness (QED) is 0.803. The van der Waals surface area contributed by atoms with Gasteiger partial charge in [-0.2, -0.15) is 0 Å². The Morgan fingerprint density at radius 1 is 1.11 bits per heavy atom. The second kappa shape index (κ2) is 9.87. The molecule has 0 aliphatic carbocycles. The fourth-order valence-corrected chi connectivity index (χ4v) is 4.25. The number of likely N-dealkylation sites (tertiary alicyclic amines) is 2. The molecule has 7 heteroatoms. The van der Waals surface area contributed by atoms with Crippen molar-refractivity contribution in [1.82, 2.24) is 9.80 Å².